The lowest BCUT2D eigenvalue weighted by Gasteiger charge is -2.16. The fourth-order valence-corrected chi connectivity index (χ4v) is 7.35. The van der Waals surface area contributed by atoms with Gasteiger partial charge in [-0.15, -0.1) is 0 Å². The van der Waals surface area contributed by atoms with Gasteiger partial charge in [0.2, 0.25) is 0 Å². The minimum Gasteiger partial charge on any atom is -0.264 e. The van der Waals surface area contributed by atoms with Crippen LogP contribution in [0.5, 0.6) is 0 Å². The van der Waals surface area contributed by atoms with Crippen molar-refractivity contribution in [3.8, 4) is 44.8 Å². The van der Waals surface area contributed by atoms with E-state index in [2.05, 4.69) is 145 Å². The van der Waals surface area contributed by atoms with Crippen molar-refractivity contribution in [2.45, 2.75) is 0 Å². The lowest BCUT2D eigenvalue weighted by Crippen LogP contribution is -1.91. The number of benzene rings is 7. The van der Waals surface area contributed by atoms with Gasteiger partial charge in [0, 0.05) is 34.3 Å². The Labute approximate surface area is 277 Å². The number of pyridine rings is 3. The van der Waals surface area contributed by atoms with Crippen LogP contribution in [0.1, 0.15) is 0 Å². The Morgan fingerprint density at radius 3 is 1.40 bits per heavy atom. The maximum atomic E-state index is 5.17. The Kier molecular flexibility index (Phi) is 5.87. The zero-order valence-electron chi connectivity index (χ0n) is 25.9. The molecule has 0 aliphatic rings. The zero-order chi connectivity index (χ0) is 31.6. The summed E-state index contributed by atoms with van der Waals surface area (Å²) in [5.74, 6) is 0. The average Bonchev–Trinajstić information content (AvgIpc) is 3.17. The first kappa shape index (κ1) is 26.7. The summed E-state index contributed by atoms with van der Waals surface area (Å²) in [5.41, 5.74) is 10.6. The van der Waals surface area contributed by atoms with E-state index >= 15 is 0 Å². The quantitative estimate of drug-likeness (QED) is 0.186. The number of rotatable bonds is 4. The Morgan fingerprint density at radius 2 is 0.812 bits per heavy atom. The topological polar surface area (TPSA) is 38.7 Å². The molecule has 0 radical (unpaired) electrons. The molecule has 0 fully saturated rings. The van der Waals surface area contributed by atoms with Crippen molar-refractivity contribution < 1.29 is 0 Å². The largest absolute Gasteiger partial charge is 0.264 e. The molecule has 10 rings (SSSR count). The van der Waals surface area contributed by atoms with Crippen molar-refractivity contribution in [3.05, 3.63) is 164 Å². The number of nitrogens with zero attached hydrogens (tertiary/aromatic N) is 3. The van der Waals surface area contributed by atoms with Crippen LogP contribution in [0.15, 0.2) is 164 Å². The molecule has 10 aromatic rings. The molecule has 3 heteroatoms. The van der Waals surface area contributed by atoms with E-state index in [-0.39, 0.29) is 0 Å². The Hall–Kier alpha value is -6.45. The molecule has 48 heavy (non-hydrogen) atoms. The lowest BCUT2D eigenvalue weighted by atomic mass is 9.87. The second-order valence-electron chi connectivity index (χ2n) is 12.4. The molecule has 222 valence electrons. The summed E-state index contributed by atoms with van der Waals surface area (Å²) in [7, 11) is 0. The third-order valence-corrected chi connectivity index (χ3v) is 9.72. The summed E-state index contributed by atoms with van der Waals surface area (Å²) in [6.45, 7) is 0. The molecule has 3 nitrogen and oxygen atoms in total. The molecule has 0 unspecified atom stereocenters. The first-order valence-corrected chi connectivity index (χ1v) is 16.3. The number of hydrogen-bond donors (Lipinski definition) is 0. The maximum absolute atomic E-state index is 5.17. The van der Waals surface area contributed by atoms with Crippen molar-refractivity contribution in [1.29, 1.82) is 0 Å². The van der Waals surface area contributed by atoms with Gasteiger partial charge in [-0.05, 0) is 78.8 Å². The molecule has 3 heterocycles. The molecule has 0 bridgehead atoms. The zero-order valence-corrected chi connectivity index (χ0v) is 25.9. The average molecular weight is 610 g/mol. The van der Waals surface area contributed by atoms with E-state index in [9.17, 15) is 0 Å². The van der Waals surface area contributed by atoms with Crippen molar-refractivity contribution in [3.63, 3.8) is 0 Å². The van der Waals surface area contributed by atoms with Crippen LogP contribution in [0.25, 0.3) is 98.9 Å². The van der Waals surface area contributed by atoms with Crippen molar-refractivity contribution in [2.75, 3.05) is 0 Å². The van der Waals surface area contributed by atoms with E-state index in [1.54, 1.807) is 6.20 Å². The van der Waals surface area contributed by atoms with Crippen molar-refractivity contribution in [1.82, 2.24) is 15.0 Å². The molecule has 0 aliphatic heterocycles. The van der Waals surface area contributed by atoms with Crippen molar-refractivity contribution in [2.24, 2.45) is 0 Å². The summed E-state index contributed by atoms with van der Waals surface area (Å²) in [6, 6.07) is 54.3. The maximum Gasteiger partial charge on any atom is 0.0972 e. The van der Waals surface area contributed by atoms with E-state index in [1.165, 1.54) is 54.6 Å². The van der Waals surface area contributed by atoms with Gasteiger partial charge in [-0.3, -0.25) is 4.98 Å². The van der Waals surface area contributed by atoms with Gasteiger partial charge in [0.25, 0.3) is 0 Å². The number of fused-ring (bicyclic) bond motifs is 3. The van der Waals surface area contributed by atoms with Crippen LogP contribution in [-0.2, 0) is 0 Å². The van der Waals surface area contributed by atoms with Gasteiger partial charge in [-0.25, -0.2) is 9.97 Å². The van der Waals surface area contributed by atoms with E-state index in [1.807, 2.05) is 18.3 Å². The number of hydrogen-bond acceptors (Lipinski definition) is 3. The van der Waals surface area contributed by atoms with Gasteiger partial charge in [0.05, 0.1) is 22.4 Å². The fraction of sp³-hybridized carbons (Fsp3) is 0. The van der Waals surface area contributed by atoms with E-state index < -0.39 is 0 Å². The summed E-state index contributed by atoms with van der Waals surface area (Å²) in [4.78, 5) is 14.5. The third-order valence-electron chi connectivity index (χ3n) is 9.72. The van der Waals surface area contributed by atoms with Crippen LogP contribution in [0.4, 0.5) is 0 Å². The highest BCUT2D eigenvalue weighted by Gasteiger charge is 2.15. The predicted octanol–water partition coefficient (Wildman–Crippen LogP) is 11.7. The Bertz CT molecular complexity index is 2810. The molecule has 3 aromatic heterocycles. The molecule has 0 saturated heterocycles. The molecule has 0 N–H and O–H groups in total. The number of aromatic nitrogens is 3. The van der Waals surface area contributed by atoms with E-state index in [4.69, 9.17) is 9.97 Å². The van der Waals surface area contributed by atoms with Crippen LogP contribution >= 0.6 is 0 Å². The fourth-order valence-electron chi connectivity index (χ4n) is 7.35. The molecule has 0 saturated carbocycles. The molecule has 0 aliphatic carbocycles. The van der Waals surface area contributed by atoms with Gasteiger partial charge < -0.3 is 0 Å². The molecule has 0 spiro atoms. The van der Waals surface area contributed by atoms with E-state index in [0.717, 1.165) is 44.3 Å². The third kappa shape index (κ3) is 4.18. The van der Waals surface area contributed by atoms with Crippen LogP contribution in [0.3, 0.4) is 0 Å². The summed E-state index contributed by atoms with van der Waals surface area (Å²) < 4.78 is 0. The summed E-state index contributed by atoms with van der Waals surface area (Å²) >= 11 is 0. The molecular weight excluding hydrogens is 583 g/mol. The van der Waals surface area contributed by atoms with Crippen LogP contribution < -0.4 is 0 Å². The van der Waals surface area contributed by atoms with Gasteiger partial charge in [-0.2, -0.15) is 0 Å². The SMILES string of the molecule is c1ccc(-c2ccc3ccc4c(-c5ccc(-c6ccc7ccc8ccc(-c9cccnc9)nc8c7n6)cc5)ccc5ccc2c3c54)cc1. The minimum absolute atomic E-state index is 0.893. The van der Waals surface area contributed by atoms with Gasteiger partial charge >= 0.3 is 0 Å². The smallest absolute Gasteiger partial charge is 0.0972 e. The van der Waals surface area contributed by atoms with Crippen LogP contribution in [-0.4, -0.2) is 15.0 Å². The highest BCUT2D eigenvalue weighted by Crippen LogP contribution is 2.42. The lowest BCUT2D eigenvalue weighted by molar-refractivity contribution is 1.30. The first-order chi connectivity index (χ1) is 23.8. The molecule has 0 atom stereocenters. The minimum atomic E-state index is 0.893. The second kappa shape index (κ2) is 10.5. The van der Waals surface area contributed by atoms with Gasteiger partial charge in [-0.1, -0.05) is 127 Å². The highest BCUT2D eigenvalue weighted by molar-refractivity contribution is 6.27. The Balaban J connectivity index is 1.08. The monoisotopic (exact) mass is 609 g/mol. The summed E-state index contributed by atoms with van der Waals surface area (Å²) in [6.07, 6.45) is 3.63. The standard InChI is InChI=1S/C45H27N3/c1-2-5-28(6-3-1)36-20-14-31-17-23-39-37(21-15-32-16-22-38(36)42(31)43(32)39)29-8-10-30(11-9-29)40-24-18-33-12-13-34-19-25-41(35-7-4-26-46-27-35)48-45(34)44(33)47-40/h1-27H. The van der Waals surface area contributed by atoms with Crippen LogP contribution in [0, 0.1) is 0 Å². The Morgan fingerprint density at radius 1 is 0.333 bits per heavy atom. The van der Waals surface area contributed by atoms with Gasteiger partial charge in [0.1, 0.15) is 0 Å². The molecule has 7 aromatic carbocycles. The van der Waals surface area contributed by atoms with Crippen molar-refractivity contribution >= 4 is 54.1 Å². The normalized spacial score (nSPS) is 11.8. The van der Waals surface area contributed by atoms with Gasteiger partial charge in [0.15, 0.2) is 0 Å². The second-order valence-corrected chi connectivity index (χ2v) is 12.4. The molecular formula is C45H27N3. The molecule has 0 amide bonds. The predicted molar refractivity (Wildman–Crippen MR) is 200 cm³/mol. The summed E-state index contributed by atoms with van der Waals surface area (Å²) in [5, 5.41) is 9.90. The van der Waals surface area contributed by atoms with Crippen LogP contribution in [0.2, 0.25) is 0 Å². The van der Waals surface area contributed by atoms with E-state index in [0.29, 0.717) is 0 Å². The first-order valence-electron chi connectivity index (χ1n) is 16.3. The highest BCUT2D eigenvalue weighted by atomic mass is 14.8.